The average molecular weight is 438 g/mol. The summed E-state index contributed by atoms with van der Waals surface area (Å²) in [6, 6.07) is 15.3. The van der Waals surface area contributed by atoms with Gasteiger partial charge in [0, 0.05) is 18.0 Å². The van der Waals surface area contributed by atoms with Crippen LogP contribution in [-0.4, -0.2) is 33.2 Å². The van der Waals surface area contributed by atoms with Gasteiger partial charge >= 0.3 is 0 Å². The zero-order chi connectivity index (χ0) is 22.6. The van der Waals surface area contributed by atoms with Crippen molar-refractivity contribution < 1.29 is 9.47 Å². The minimum Gasteiger partial charge on any atom is -0.493 e. The van der Waals surface area contributed by atoms with E-state index < -0.39 is 0 Å². The monoisotopic (exact) mass is 437 g/mol. The summed E-state index contributed by atoms with van der Waals surface area (Å²) in [5.74, 6) is 3.38. The fourth-order valence-corrected chi connectivity index (χ4v) is 3.86. The summed E-state index contributed by atoms with van der Waals surface area (Å²) < 4.78 is 13.6. The van der Waals surface area contributed by atoms with E-state index in [2.05, 4.69) is 16.0 Å². The van der Waals surface area contributed by atoms with Gasteiger partial charge in [-0.15, -0.1) is 0 Å². The Bertz CT molecular complexity index is 1350. The van der Waals surface area contributed by atoms with Gasteiger partial charge in [-0.2, -0.15) is 5.26 Å². The lowest BCUT2D eigenvalue weighted by Gasteiger charge is -2.26. The van der Waals surface area contributed by atoms with Gasteiger partial charge in [0.1, 0.15) is 23.2 Å². The highest BCUT2D eigenvalue weighted by molar-refractivity contribution is 5.80. The summed E-state index contributed by atoms with van der Waals surface area (Å²) in [4.78, 5) is 13.7. The highest BCUT2D eigenvalue weighted by Crippen LogP contribution is 2.35. The van der Waals surface area contributed by atoms with E-state index in [4.69, 9.17) is 19.7 Å². The third-order valence-electron chi connectivity index (χ3n) is 5.88. The van der Waals surface area contributed by atoms with Crippen molar-refractivity contribution in [1.29, 1.82) is 5.26 Å². The molecule has 0 amide bonds. The van der Waals surface area contributed by atoms with Crippen molar-refractivity contribution in [2.24, 2.45) is 5.92 Å². The summed E-state index contributed by atoms with van der Waals surface area (Å²) in [5, 5.41) is 9.11. The van der Waals surface area contributed by atoms with Crippen molar-refractivity contribution in [1.82, 2.24) is 19.5 Å². The molecule has 0 saturated heterocycles. The molecular weight excluding hydrogens is 414 g/mol. The van der Waals surface area contributed by atoms with Gasteiger partial charge in [0.05, 0.1) is 19.3 Å². The normalized spacial score (nSPS) is 13.7. The second kappa shape index (κ2) is 9.13. The molecule has 33 heavy (non-hydrogen) atoms. The quantitative estimate of drug-likeness (QED) is 0.402. The summed E-state index contributed by atoms with van der Waals surface area (Å²) in [6.45, 7) is 0.693. The predicted octanol–water partition coefficient (Wildman–Crippen LogP) is 5.05. The van der Waals surface area contributed by atoms with Gasteiger partial charge in [0.25, 0.3) is 0 Å². The summed E-state index contributed by atoms with van der Waals surface area (Å²) in [7, 11) is 1.65. The number of imidazole rings is 1. The lowest BCUT2D eigenvalue weighted by atomic mass is 9.86. The number of hydrogen-bond acceptors (Lipinski definition) is 6. The molecule has 0 aliphatic heterocycles. The second-order valence-electron chi connectivity index (χ2n) is 7.99. The van der Waals surface area contributed by atoms with Crippen molar-refractivity contribution in [3.05, 3.63) is 71.8 Å². The molecule has 1 aromatic carbocycles. The molecule has 7 nitrogen and oxygen atoms in total. The van der Waals surface area contributed by atoms with Gasteiger partial charge in [-0.1, -0.05) is 18.6 Å². The maximum absolute atomic E-state index is 9.11. The van der Waals surface area contributed by atoms with Gasteiger partial charge in [0.2, 0.25) is 0 Å². The first-order valence-corrected chi connectivity index (χ1v) is 10.9. The number of pyridine rings is 2. The molecule has 4 aromatic rings. The number of benzene rings is 1. The molecule has 3 aromatic heterocycles. The number of aromatic nitrogens is 4. The van der Waals surface area contributed by atoms with Gasteiger partial charge in [-0.05, 0) is 61.2 Å². The zero-order valence-electron chi connectivity index (χ0n) is 18.3. The largest absolute Gasteiger partial charge is 0.493 e. The highest BCUT2D eigenvalue weighted by Gasteiger charge is 2.20. The van der Waals surface area contributed by atoms with E-state index in [-0.39, 0.29) is 0 Å². The standard InChI is InChI=1S/C26H23N5O2/c1-32-22-9-3-7-20(25(22)33-17-18-5-2-6-18)11-13-24-30-21-8-4-14-28-26(21)31(24)23-12-10-19(15-27)16-29-23/h3-4,7-14,16,18H,2,5-6,17H2,1H3/b13-11+. The molecule has 3 heterocycles. The van der Waals surface area contributed by atoms with Crippen LogP contribution in [0, 0.1) is 17.2 Å². The molecule has 0 unspecified atom stereocenters. The number of fused-ring (bicyclic) bond motifs is 1. The fraction of sp³-hybridized carbons (Fsp3) is 0.231. The van der Waals surface area contributed by atoms with Crippen LogP contribution in [0.25, 0.3) is 29.1 Å². The van der Waals surface area contributed by atoms with Crippen LogP contribution in [0.4, 0.5) is 0 Å². The molecule has 164 valence electrons. The third-order valence-corrected chi connectivity index (χ3v) is 5.88. The van der Waals surface area contributed by atoms with Gasteiger partial charge in [-0.25, -0.2) is 15.0 Å². The molecule has 7 heteroatoms. The Balaban J connectivity index is 1.54. The molecule has 1 aliphatic rings. The lowest BCUT2D eigenvalue weighted by Crippen LogP contribution is -2.19. The van der Waals surface area contributed by atoms with E-state index in [1.165, 1.54) is 19.3 Å². The fourth-order valence-electron chi connectivity index (χ4n) is 3.86. The molecular formula is C26H23N5O2. The SMILES string of the molecule is COc1cccc(/C=C/c2nc3cccnc3n2-c2ccc(C#N)cn2)c1OCC1CCC1. The van der Waals surface area contributed by atoms with Crippen LogP contribution in [0.15, 0.2) is 54.9 Å². The van der Waals surface area contributed by atoms with E-state index in [0.717, 1.165) is 16.8 Å². The van der Waals surface area contributed by atoms with Crippen molar-refractivity contribution in [3.63, 3.8) is 0 Å². The topological polar surface area (TPSA) is 85.9 Å². The summed E-state index contributed by atoms with van der Waals surface area (Å²) >= 11 is 0. The first-order chi connectivity index (χ1) is 16.3. The molecule has 1 aliphatic carbocycles. The minimum atomic E-state index is 0.498. The number of ether oxygens (including phenoxy) is 2. The molecule has 0 bridgehead atoms. The van der Waals surface area contributed by atoms with E-state index >= 15 is 0 Å². The van der Waals surface area contributed by atoms with Crippen LogP contribution in [-0.2, 0) is 0 Å². The molecule has 1 saturated carbocycles. The van der Waals surface area contributed by atoms with Crippen molar-refractivity contribution in [3.8, 4) is 23.4 Å². The maximum Gasteiger partial charge on any atom is 0.168 e. The number of nitriles is 1. The summed E-state index contributed by atoms with van der Waals surface area (Å²) in [5.41, 5.74) is 2.86. The second-order valence-corrected chi connectivity index (χ2v) is 7.99. The highest BCUT2D eigenvalue weighted by atomic mass is 16.5. The Labute approximate surface area is 192 Å². The van der Waals surface area contributed by atoms with E-state index in [0.29, 0.717) is 41.1 Å². The number of hydrogen-bond donors (Lipinski definition) is 0. The number of nitrogens with zero attached hydrogens (tertiary/aromatic N) is 5. The van der Waals surface area contributed by atoms with Crippen molar-refractivity contribution >= 4 is 23.3 Å². The molecule has 0 radical (unpaired) electrons. The first kappa shape index (κ1) is 20.7. The third kappa shape index (κ3) is 4.15. The maximum atomic E-state index is 9.11. The van der Waals surface area contributed by atoms with Gasteiger partial charge in [0.15, 0.2) is 17.1 Å². The summed E-state index contributed by atoms with van der Waals surface area (Å²) in [6.07, 6.45) is 10.9. The van der Waals surface area contributed by atoms with Crippen molar-refractivity contribution in [2.75, 3.05) is 13.7 Å². The number of para-hydroxylation sites is 1. The van der Waals surface area contributed by atoms with Gasteiger partial charge in [-0.3, -0.25) is 4.57 Å². The van der Waals surface area contributed by atoms with Crippen LogP contribution in [0.5, 0.6) is 11.5 Å². The Morgan fingerprint density at radius 2 is 2.03 bits per heavy atom. The Hall–Kier alpha value is -4.18. The van der Waals surface area contributed by atoms with E-state index in [9.17, 15) is 0 Å². The number of rotatable bonds is 7. The number of methoxy groups -OCH3 is 1. The average Bonchev–Trinajstić information content (AvgIpc) is 3.20. The van der Waals surface area contributed by atoms with Gasteiger partial charge < -0.3 is 9.47 Å². The van der Waals surface area contributed by atoms with Crippen molar-refractivity contribution in [2.45, 2.75) is 19.3 Å². The van der Waals surface area contributed by atoms with Crippen LogP contribution in [0.3, 0.4) is 0 Å². The Morgan fingerprint density at radius 1 is 1.12 bits per heavy atom. The molecule has 5 rings (SSSR count). The first-order valence-electron chi connectivity index (χ1n) is 10.9. The van der Waals surface area contributed by atoms with Crippen LogP contribution >= 0.6 is 0 Å². The lowest BCUT2D eigenvalue weighted by molar-refractivity contribution is 0.175. The molecule has 0 spiro atoms. The zero-order valence-corrected chi connectivity index (χ0v) is 18.3. The molecule has 1 fully saturated rings. The molecule has 0 N–H and O–H groups in total. The smallest absolute Gasteiger partial charge is 0.168 e. The minimum absolute atomic E-state index is 0.498. The van der Waals surface area contributed by atoms with E-state index in [1.54, 1.807) is 31.6 Å². The predicted molar refractivity (Wildman–Crippen MR) is 126 cm³/mol. The van der Waals surface area contributed by atoms with Crippen LogP contribution in [0.1, 0.15) is 36.2 Å². The Morgan fingerprint density at radius 3 is 2.76 bits per heavy atom. The van der Waals surface area contributed by atoms with E-state index in [1.807, 2.05) is 47.1 Å². The van der Waals surface area contributed by atoms with Crippen LogP contribution < -0.4 is 9.47 Å². The Kier molecular flexibility index (Phi) is 5.73. The molecule has 0 atom stereocenters. The van der Waals surface area contributed by atoms with Crippen LogP contribution in [0.2, 0.25) is 0 Å².